The highest BCUT2D eigenvalue weighted by molar-refractivity contribution is 7.13. The number of rotatable bonds is 3. The van der Waals surface area contributed by atoms with Crippen molar-refractivity contribution in [1.29, 1.82) is 0 Å². The van der Waals surface area contributed by atoms with Crippen LogP contribution in [0.1, 0.15) is 24.4 Å². The lowest BCUT2D eigenvalue weighted by Crippen LogP contribution is -2.44. The van der Waals surface area contributed by atoms with Crippen molar-refractivity contribution in [3.05, 3.63) is 47.2 Å². The first-order valence-corrected chi connectivity index (χ1v) is 8.15. The van der Waals surface area contributed by atoms with Crippen molar-refractivity contribution in [2.24, 2.45) is 5.92 Å². The van der Waals surface area contributed by atoms with E-state index in [0.717, 1.165) is 5.56 Å². The maximum Gasteiger partial charge on any atom is 0.231 e. The van der Waals surface area contributed by atoms with Gasteiger partial charge >= 0.3 is 0 Å². The van der Waals surface area contributed by atoms with Crippen LogP contribution in [-0.2, 0) is 9.59 Å². The van der Waals surface area contributed by atoms with Gasteiger partial charge < -0.3 is 10.2 Å². The Labute approximate surface area is 137 Å². The van der Waals surface area contributed by atoms with Gasteiger partial charge in [0.15, 0.2) is 5.13 Å². The Morgan fingerprint density at radius 2 is 2.13 bits per heavy atom. The molecule has 120 valence electrons. The maximum atomic E-state index is 13.2. The van der Waals surface area contributed by atoms with E-state index in [1.807, 2.05) is 0 Å². The van der Waals surface area contributed by atoms with Crippen LogP contribution in [0.4, 0.5) is 9.52 Å². The third-order valence-corrected chi connectivity index (χ3v) is 4.76. The fourth-order valence-corrected chi connectivity index (χ4v) is 3.44. The van der Waals surface area contributed by atoms with Gasteiger partial charge in [0.2, 0.25) is 11.8 Å². The summed E-state index contributed by atoms with van der Waals surface area (Å²) >= 11 is 1.34. The highest BCUT2D eigenvalue weighted by Gasteiger charge is 2.39. The number of hydrogen-bond acceptors (Lipinski definition) is 4. The molecule has 0 radical (unpaired) electrons. The molecule has 2 aromatic rings. The number of piperidine rings is 1. The monoisotopic (exact) mass is 333 g/mol. The van der Waals surface area contributed by atoms with Crippen molar-refractivity contribution in [3.63, 3.8) is 0 Å². The molecule has 0 unspecified atom stereocenters. The van der Waals surface area contributed by atoms with E-state index in [0.29, 0.717) is 18.0 Å². The summed E-state index contributed by atoms with van der Waals surface area (Å²) in [4.78, 5) is 30.3. The number of likely N-dealkylation sites (tertiary alicyclic amines) is 1. The molecule has 3 rings (SSSR count). The van der Waals surface area contributed by atoms with Gasteiger partial charge in [-0.1, -0.05) is 12.1 Å². The molecule has 1 saturated heterocycles. The van der Waals surface area contributed by atoms with Crippen LogP contribution in [0.3, 0.4) is 0 Å². The van der Waals surface area contributed by atoms with Crippen molar-refractivity contribution in [3.8, 4) is 0 Å². The topological polar surface area (TPSA) is 62.3 Å². The predicted molar refractivity (Wildman–Crippen MR) is 85.4 cm³/mol. The second-order valence-electron chi connectivity index (χ2n) is 5.47. The lowest BCUT2D eigenvalue weighted by atomic mass is 9.84. The molecule has 1 fully saturated rings. The number of amides is 2. The number of anilines is 1. The number of carbonyl (C=O) groups excluding carboxylic acids is 2. The Morgan fingerprint density at radius 1 is 1.39 bits per heavy atom. The van der Waals surface area contributed by atoms with Gasteiger partial charge in [0, 0.05) is 25.0 Å². The lowest BCUT2D eigenvalue weighted by Gasteiger charge is -2.38. The Kier molecular flexibility index (Phi) is 4.38. The van der Waals surface area contributed by atoms with Crippen molar-refractivity contribution >= 4 is 28.3 Å². The minimum Gasteiger partial charge on any atom is -0.338 e. The van der Waals surface area contributed by atoms with Crippen LogP contribution < -0.4 is 5.32 Å². The zero-order chi connectivity index (χ0) is 16.4. The average molecular weight is 333 g/mol. The highest BCUT2D eigenvalue weighted by Crippen LogP contribution is 2.36. The number of nitrogens with zero attached hydrogens (tertiary/aromatic N) is 2. The van der Waals surface area contributed by atoms with Crippen molar-refractivity contribution in [2.45, 2.75) is 18.9 Å². The smallest absolute Gasteiger partial charge is 0.231 e. The van der Waals surface area contributed by atoms with E-state index in [2.05, 4.69) is 10.3 Å². The van der Waals surface area contributed by atoms with Crippen molar-refractivity contribution in [1.82, 2.24) is 9.88 Å². The van der Waals surface area contributed by atoms with Gasteiger partial charge in [-0.15, -0.1) is 11.3 Å². The number of halogens is 1. The van der Waals surface area contributed by atoms with Gasteiger partial charge in [0.25, 0.3) is 0 Å². The standard InChI is InChI=1S/C16H16FN3O2S/c1-20-13(21)7-6-12(15(22)19-16-18-8-9-23-16)14(20)10-2-4-11(17)5-3-10/h2-5,8-9,12,14H,6-7H2,1H3,(H,18,19,22)/t12-,14-/m0/s1. The van der Waals surface area contributed by atoms with Crippen molar-refractivity contribution < 1.29 is 14.0 Å². The summed E-state index contributed by atoms with van der Waals surface area (Å²) in [6.45, 7) is 0. The first kappa shape index (κ1) is 15.6. The van der Waals surface area contributed by atoms with E-state index in [-0.39, 0.29) is 17.6 Å². The first-order chi connectivity index (χ1) is 11.1. The summed E-state index contributed by atoms with van der Waals surface area (Å²) in [6.07, 6.45) is 2.40. The SMILES string of the molecule is CN1C(=O)CC[C@H](C(=O)Nc2nccs2)[C@@H]1c1ccc(F)cc1. The zero-order valence-corrected chi connectivity index (χ0v) is 13.3. The average Bonchev–Trinajstić information content (AvgIpc) is 3.04. The molecule has 1 aliphatic heterocycles. The second-order valence-corrected chi connectivity index (χ2v) is 6.37. The van der Waals surface area contributed by atoms with Gasteiger partial charge in [-0.2, -0.15) is 0 Å². The maximum absolute atomic E-state index is 13.2. The van der Waals surface area contributed by atoms with Crippen LogP contribution in [0.2, 0.25) is 0 Å². The van der Waals surface area contributed by atoms with Crippen LogP contribution in [0.25, 0.3) is 0 Å². The molecule has 23 heavy (non-hydrogen) atoms. The minimum atomic E-state index is -0.406. The molecule has 5 nitrogen and oxygen atoms in total. The van der Waals surface area contributed by atoms with Crippen LogP contribution in [0.5, 0.6) is 0 Å². The Balaban J connectivity index is 1.88. The van der Waals surface area contributed by atoms with Crippen LogP contribution in [0, 0.1) is 11.7 Å². The fraction of sp³-hybridized carbons (Fsp3) is 0.312. The van der Waals surface area contributed by atoms with Crippen LogP contribution in [0.15, 0.2) is 35.8 Å². The van der Waals surface area contributed by atoms with E-state index in [1.165, 1.54) is 23.5 Å². The Hall–Kier alpha value is -2.28. The molecular weight excluding hydrogens is 317 g/mol. The van der Waals surface area contributed by atoms with Gasteiger partial charge in [0.05, 0.1) is 12.0 Å². The second kappa shape index (κ2) is 6.45. The summed E-state index contributed by atoms with van der Waals surface area (Å²) in [5.41, 5.74) is 0.751. The summed E-state index contributed by atoms with van der Waals surface area (Å²) in [5.74, 6) is -0.930. The molecule has 7 heteroatoms. The molecule has 2 amide bonds. The van der Waals surface area contributed by atoms with Gasteiger partial charge in [0.1, 0.15) is 5.82 Å². The number of thiazole rings is 1. The number of benzene rings is 1. The highest BCUT2D eigenvalue weighted by atomic mass is 32.1. The van der Waals surface area contributed by atoms with Gasteiger partial charge in [-0.3, -0.25) is 9.59 Å². The summed E-state index contributed by atoms with van der Waals surface area (Å²) < 4.78 is 13.2. The van der Waals surface area contributed by atoms with E-state index in [9.17, 15) is 14.0 Å². The molecule has 1 aromatic carbocycles. The van der Waals surface area contributed by atoms with Gasteiger partial charge in [-0.25, -0.2) is 9.37 Å². The van der Waals surface area contributed by atoms with Crippen LogP contribution >= 0.6 is 11.3 Å². The molecule has 0 bridgehead atoms. The van der Waals surface area contributed by atoms with Crippen LogP contribution in [-0.4, -0.2) is 28.7 Å². The number of carbonyl (C=O) groups is 2. The van der Waals surface area contributed by atoms with E-state index >= 15 is 0 Å². The summed E-state index contributed by atoms with van der Waals surface area (Å²) in [5, 5.41) is 5.11. The Bertz CT molecular complexity index is 703. The third-order valence-electron chi connectivity index (χ3n) is 4.07. The minimum absolute atomic E-state index is 0.0161. The number of hydrogen-bond donors (Lipinski definition) is 1. The third kappa shape index (κ3) is 3.24. The van der Waals surface area contributed by atoms with E-state index < -0.39 is 12.0 Å². The van der Waals surface area contributed by atoms with E-state index in [1.54, 1.807) is 35.7 Å². The first-order valence-electron chi connectivity index (χ1n) is 7.28. The molecule has 0 aliphatic carbocycles. The van der Waals surface area contributed by atoms with Gasteiger partial charge in [-0.05, 0) is 24.1 Å². The molecular formula is C16H16FN3O2S. The summed E-state index contributed by atoms with van der Waals surface area (Å²) in [7, 11) is 1.68. The quantitative estimate of drug-likeness (QED) is 0.939. The molecule has 0 saturated carbocycles. The fourth-order valence-electron chi connectivity index (χ4n) is 2.91. The number of aromatic nitrogens is 1. The predicted octanol–water partition coefficient (Wildman–Crippen LogP) is 2.83. The number of nitrogens with one attached hydrogen (secondary N) is 1. The van der Waals surface area contributed by atoms with Crippen molar-refractivity contribution in [2.75, 3.05) is 12.4 Å². The largest absolute Gasteiger partial charge is 0.338 e. The molecule has 2 heterocycles. The molecule has 0 spiro atoms. The van der Waals surface area contributed by atoms with E-state index in [4.69, 9.17) is 0 Å². The lowest BCUT2D eigenvalue weighted by molar-refractivity contribution is -0.140. The Morgan fingerprint density at radius 3 is 2.78 bits per heavy atom. The normalized spacial score (nSPS) is 21.3. The molecule has 1 aromatic heterocycles. The summed E-state index contributed by atoms with van der Waals surface area (Å²) in [6, 6.07) is 5.53. The molecule has 1 aliphatic rings. The zero-order valence-electron chi connectivity index (χ0n) is 12.5. The molecule has 2 atom stereocenters. The molecule has 1 N–H and O–H groups in total.